The van der Waals surface area contributed by atoms with Crippen molar-refractivity contribution >= 4 is 29.9 Å². The highest BCUT2D eigenvalue weighted by molar-refractivity contribution is 14.0. The van der Waals surface area contributed by atoms with Crippen LogP contribution < -0.4 is 5.73 Å². The van der Waals surface area contributed by atoms with Gasteiger partial charge in [-0.05, 0) is 6.42 Å². The first-order chi connectivity index (χ1) is 7.36. The lowest BCUT2D eigenvalue weighted by molar-refractivity contribution is 0.0674. The Hall–Kier alpha value is -0.0800. The Morgan fingerprint density at radius 3 is 2.62 bits per heavy atom. The normalized spacial score (nSPS) is 26.6. The largest absolute Gasteiger partial charge is 0.381 e. The number of aliphatic imine (C=N–C) groups is 1. The van der Waals surface area contributed by atoms with E-state index in [1.54, 1.807) is 0 Å². The molecule has 94 valence electrons. The first-order valence-corrected chi connectivity index (χ1v) is 5.56. The van der Waals surface area contributed by atoms with Crippen LogP contribution in [0.3, 0.4) is 0 Å². The van der Waals surface area contributed by atoms with Crippen molar-refractivity contribution in [2.24, 2.45) is 16.6 Å². The molecule has 0 aliphatic carbocycles. The zero-order valence-corrected chi connectivity index (χ0v) is 11.8. The lowest BCUT2D eigenvalue weighted by Gasteiger charge is -2.27. The monoisotopic (exact) mass is 341 g/mol. The molecule has 0 radical (unpaired) electrons. The Morgan fingerprint density at radius 1 is 1.25 bits per heavy atom. The molecule has 0 bridgehead atoms. The number of rotatable bonds is 2. The fraction of sp³-hybridized carbons (Fsp3) is 0.900. The van der Waals surface area contributed by atoms with Gasteiger partial charge in [-0.2, -0.15) is 0 Å². The Balaban J connectivity index is 0.00000128. The van der Waals surface area contributed by atoms with E-state index in [-0.39, 0.29) is 24.0 Å². The zero-order valence-electron chi connectivity index (χ0n) is 9.43. The highest BCUT2D eigenvalue weighted by atomic mass is 127. The molecule has 0 aromatic carbocycles. The second-order valence-corrected chi connectivity index (χ2v) is 4.03. The summed E-state index contributed by atoms with van der Waals surface area (Å²) in [7, 11) is 0. The molecule has 2 rings (SSSR count). The number of morpholine rings is 1. The van der Waals surface area contributed by atoms with E-state index in [0.29, 0.717) is 11.9 Å². The van der Waals surface area contributed by atoms with Crippen molar-refractivity contribution in [2.45, 2.75) is 6.42 Å². The SMILES string of the molecule is I.NC(=NCC1CCOC1)N1CCOCC1. The van der Waals surface area contributed by atoms with Crippen molar-refractivity contribution in [2.75, 3.05) is 46.1 Å². The molecule has 6 heteroatoms. The number of nitrogens with two attached hydrogens (primary N) is 1. The van der Waals surface area contributed by atoms with Gasteiger partial charge in [0.2, 0.25) is 0 Å². The van der Waals surface area contributed by atoms with E-state index < -0.39 is 0 Å². The van der Waals surface area contributed by atoms with Crippen molar-refractivity contribution in [3.05, 3.63) is 0 Å². The number of hydrogen-bond acceptors (Lipinski definition) is 3. The lowest BCUT2D eigenvalue weighted by Crippen LogP contribution is -2.45. The Labute approximate surface area is 113 Å². The van der Waals surface area contributed by atoms with Crippen LogP contribution in [0.15, 0.2) is 4.99 Å². The van der Waals surface area contributed by atoms with E-state index in [1.807, 2.05) is 0 Å². The van der Waals surface area contributed by atoms with Crippen molar-refractivity contribution < 1.29 is 9.47 Å². The molecule has 0 spiro atoms. The quantitative estimate of drug-likeness (QED) is 0.446. The van der Waals surface area contributed by atoms with E-state index in [0.717, 1.165) is 52.5 Å². The lowest BCUT2D eigenvalue weighted by atomic mass is 10.1. The third-order valence-electron chi connectivity index (χ3n) is 2.87. The third kappa shape index (κ3) is 4.06. The van der Waals surface area contributed by atoms with Crippen LogP contribution in [0.2, 0.25) is 0 Å². The summed E-state index contributed by atoms with van der Waals surface area (Å²) in [5, 5.41) is 0. The van der Waals surface area contributed by atoms with Gasteiger partial charge in [-0.3, -0.25) is 4.99 Å². The fourth-order valence-electron chi connectivity index (χ4n) is 1.84. The molecule has 1 unspecified atom stereocenters. The van der Waals surface area contributed by atoms with E-state index in [9.17, 15) is 0 Å². The fourth-order valence-corrected chi connectivity index (χ4v) is 1.84. The zero-order chi connectivity index (χ0) is 10.5. The summed E-state index contributed by atoms with van der Waals surface area (Å²) in [6.07, 6.45) is 1.11. The first kappa shape index (κ1) is 14.0. The average Bonchev–Trinajstić information content (AvgIpc) is 2.80. The molecule has 2 aliphatic rings. The molecule has 2 saturated heterocycles. The summed E-state index contributed by atoms with van der Waals surface area (Å²) in [5.41, 5.74) is 5.91. The number of guanidine groups is 1. The van der Waals surface area contributed by atoms with Gasteiger partial charge in [-0.25, -0.2) is 0 Å². The van der Waals surface area contributed by atoms with Gasteiger partial charge in [0.25, 0.3) is 0 Å². The van der Waals surface area contributed by atoms with Crippen molar-refractivity contribution in [3.8, 4) is 0 Å². The van der Waals surface area contributed by atoms with E-state index in [4.69, 9.17) is 15.2 Å². The van der Waals surface area contributed by atoms with Crippen LogP contribution in [0.25, 0.3) is 0 Å². The number of hydrogen-bond donors (Lipinski definition) is 1. The van der Waals surface area contributed by atoms with E-state index in [1.165, 1.54) is 0 Å². The molecular formula is C10H20IN3O2. The molecule has 0 aromatic rings. The van der Waals surface area contributed by atoms with E-state index in [2.05, 4.69) is 9.89 Å². The van der Waals surface area contributed by atoms with Crippen LogP contribution in [-0.2, 0) is 9.47 Å². The molecule has 2 N–H and O–H groups in total. The Morgan fingerprint density at radius 2 is 2.00 bits per heavy atom. The van der Waals surface area contributed by atoms with Crippen LogP contribution in [0.1, 0.15) is 6.42 Å². The van der Waals surface area contributed by atoms with Crippen LogP contribution in [0, 0.1) is 5.92 Å². The molecule has 2 fully saturated rings. The molecule has 0 amide bonds. The maximum absolute atomic E-state index is 5.91. The van der Waals surface area contributed by atoms with Gasteiger partial charge in [0.15, 0.2) is 5.96 Å². The molecule has 16 heavy (non-hydrogen) atoms. The molecular weight excluding hydrogens is 321 g/mol. The van der Waals surface area contributed by atoms with Gasteiger partial charge in [0.05, 0.1) is 19.8 Å². The highest BCUT2D eigenvalue weighted by Crippen LogP contribution is 2.12. The van der Waals surface area contributed by atoms with Crippen molar-refractivity contribution in [1.29, 1.82) is 0 Å². The van der Waals surface area contributed by atoms with Gasteiger partial charge in [-0.15, -0.1) is 24.0 Å². The van der Waals surface area contributed by atoms with Gasteiger partial charge in [0, 0.05) is 32.2 Å². The highest BCUT2D eigenvalue weighted by Gasteiger charge is 2.16. The van der Waals surface area contributed by atoms with Gasteiger partial charge < -0.3 is 20.1 Å². The predicted octanol–water partition coefficient (Wildman–Crippen LogP) is 0.288. The minimum absolute atomic E-state index is 0. The van der Waals surface area contributed by atoms with Crippen LogP contribution in [0.4, 0.5) is 0 Å². The van der Waals surface area contributed by atoms with Gasteiger partial charge in [-0.1, -0.05) is 0 Å². The van der Waals surface area contributed by atoms with E-state index >= 15 is 0 Å². The second kappa shape index (κ2) is 7.29. The first-order valence-electron chi connectivity index (χ1n) is 5.56. The molecule has 2 heterocycles. The van der Waals surface area contributed by atoms with Crippen molar-refractivity contribution in [1.82, 2.24) is 4.90 Å². The van der Waals surface area contributed by atoms with Crippen LogP contribution >= 0.6 is 24.0 Å². The second-order valence-electron chi connectivity index (χ2n) is 4.03. The molecule has 2 aliphatic heterocycles. The minimum atomic E-state index is 0. The third-order valence-corrected chi connectivity index (χ3v) is 2.87. The average molecular weight is 341 g/mol. The number of ether oxygens (including phenoxy) is 2. The number of nitrogens with zero attached hydrogens (tertiary/aromatic N) is 2. The minimum Gasteiger partial charge on any atom is -0.381 e. The Kier molecular flexibility index (Phi) is 6.37. The van der Waals surface area contributed by atoms with Crippen molar-refractivity contribution in [3.63, 3.8) is 0 Å². The smallest absolute Gasteiger partial charge is 0.191 e. The molecule has 0 saturated carbocycles. The van der Waals surface area contributed by atoms with Crippen LogP contribution in [0.5, 0.6) is 0 Å². The summed E-state index contributed by atoms with van der Waals surface area (Å²) in [6.45, 7) is 5.72. The molecule has 5 nitrogen and oxygen atoms in total. The molecule has 0 aromatic heterocycles. The summed E-state index contributed by atoms with van der Waals surface area (Å²) in [4.78, 5) is 6.50. The number of halogens is 1. The summed E-state index contributed by atoms with van der Waals surface area (Å²) in [6, 6.07) is 0. The van der Waals surface area contributed by atoms with Gasteiger partial charge in [0.1, 0.15) is 0 Å². The summed E-state index contributed by atoms with van der Waals surface area (Å²) >= 11 is 0. The Bertz CT molecular complexity index is 226. The molecule has 1 atom stereocenters. The standard InChI is InChI=1S/C10H19N3O2.HI/c11-10(13-2-5-14-6-3-13)12-7-9-1-4-15-8-9;/h9H,1-8H2,(H2,11,12);1H. The summed E-state index contributed by atoms with van der Waals surface area (Å²) < 4.78 is 10.5. The van der Waals surface area contributed by atoms with Gasteiger partial charge >= 0.3 is 0 Å². The summed E-state index contributed by atoms with van der Waals surface area (Å²) in [5.74, 6) is 1.22. The van der Waals surface area contributed by atoms with Crippen LogP contribution in [-0.4, -0.2) is 56.9 Å². The predicted molar refractivity (Wildman–Crippen MR) is 73.2 cm³/mol. The maximum atomic E-state index is 5.91. The topological polar surface area (TPSA) is 60.1 Å². The maximum Gasteiger partial charge on any atom is 0.191 e.